The van der Waals surface area contributed by atoms with E-state index in [1.165, 1.54) is 25.9 Å². The van der Waals surface area contributed by atoms with Crippen LogP contribution in [0.3, 0.4) is 0 Å². The highest BCUT2D eigenvalue weighted by atomic mass is 16.5. The minimum atomic E-state index is -0.790. The maximum Gasteiger partial charge on any atom is 0.256 e. The van der Waals surface area contributed by atoms with Crippen LogP contribution in [0.2, 0.25) is 0 Å². The number of likely N-dealkylation sites (tertiary alicyclic amines) is 1. The summed E-state index contributed by atoms with van der Waals surface area (Å²) in [5.41, 5.74) is -0.0133. The van der Waals surface area contributed by atoms with Gasteiger partial charge in [-0.3, -0.25) is 9.69 Å². The average Bonchev–Trinajstić information content (AvgIpc) is 3.15. The van der Waals surface area contributed by atoms with Crippen molar-refractivity contribution < 1.29 is 14.3 Å². The summed E-state index contributed by atoms with van der Waals surface area (Å²) in [6, 6.07) is 7.66. The van der Waals surface area contributed by atoms with E-state index < -0.39 is 5.60 Å². The van der Waals surface area contributed by atoms with Gasteiger partial charge in [0.05, 0.1) is 0 Å². The Morgan fingerprint density at radius 1 is 1.07 bits per heavy atom. The lowest BCUT2D eigenvalue weighted by atomic mass is 9.83. The normalized spacial score (nSPS) is 15.3. The van der Waals surface area contributed by atoms with Gasteiger partial charge in [0.15, 0.2) is 0 Å². The third-order valence-corrected chi connectivity index (χ3v) is 5.30. The lowest BCUT2D eigenvalue weighted by Crippen LogP contribution is -2.47. The van der Waals surface area contributed by atoms with E-state index in [4.69, 9.17) is 9.47 Å². The van der Waals surface area contributed by atoms with Gasteiger partial charge in [-0.05, 0) is 81.8 Å². The zero-order chi connectivity index (χ0) is 21.3. The molecular weight excluding hydrogens is 364 g/mol. The molecule has 1 fully saturated rings. The lowest BCUT2D eigenvalue weighted by Gasteiger charge is -2.35. The van der Waals surface area contributed by atoms with Gasteiger partial charge in [0, 0.05) is 18.8 Å². The highest BCUT2D eigenvalue weighted by molar-refractivity contribution is 5.97. The molecule has 0 atom stereocenters. The van der Waals surface area contributed by atoms with Crippen molar-refractivity contribution in [3.8, 4) is 5.75 Å². The quantitative estimate of drug-likeness (QED) is 0.534. The Morgan fingerprint density at radius 2 is 1.66 bits per heavy atom. The summed E-state index contributed by atoms with van der Waals surface area (Å²) in [6.45, 7) is 15.1. The summed E-state index contributed by atoms with van der Waals surface area (Å²) < 4.78 is 11.9. The first-order chi connectivity index (χ1) is 13.8. The van der Waals surface area contributed by atoms with Crippen molar-refractivity contribution in [3.05, 3.63) is 24.3 Å². The van der Waals surface area contributed by atoms with E-state index in [9.17, 15) is 4.79 Å². The first kappa shape index (κ1) is 23.7. The molecule has 5 nitrogen and oxygen atoms in total. The molecule has 0 radical (unpaired) electrons. The lowest BCUT2D eigenvalue weighted by molar-refractivity contribution is -0.146. The Labute approximate surface area is 177 Å². The molecule has 5 heteroatoms. The van der Waals surface area contributed by atoms with E-state index in [2.05, 4.69) is 37.9 Å². The van der Waals surface area contributed by atoms with Crippen LogP contribution in [0, 0.1) is 11.8 Å². The van der Waals surface area contributed by atoms with Crippen LogP contribution in [0.15, 0.2) is 24.3 Å². The molecule has 0 unspecified atom stereocenters. The molecule has 2 rings (SSSR count). The number of carbonyl (C=O) groups excluding carboxylic acids is 1. The van der Waals surface area contributed by atoms with Crippen LogP contribution in [-0.4, -0.2) is 49.3 Å². The van der Waals surface area contributed by atoms with Crippen molar-refractivity contribution >= 4 is 11.6 Å². The van der Waals surface area contributed by atoms with E-state index in [0.29, 0.717) is 37.9 Å². The third-order valence-electron chi connectivity index (χ3n) is 5.30. The molecule has 1 saturated heterocycles. The Morgan fingerprint density at radius 3 is 2.17 bits per heavy atom. The molecule has 1 aliphatic rings. The van der Waals surface area contributed by atoms with Gasteiger partial charge in [0.25, 0.3) is 5.91 Å². The molecule has 1 N–H and O–H groups in total. The van der Waals surface area contributed by atoms with Crippen LogP contribution < -0.4 is 10.1 Å². The number of carbonyl (C=O) groups is 1. The summed E-state index contributed by atoms with van der Waals surface area (Å²) in [6.07, 6.45) is 4.02. The van der Waals surface area contributed by atoms with Crippen molar-refractivity contribution in [2.45, 2.75) is 65.9 Å². The predicted molar refractivity (Wildman–Crippen MR) is 120 cm³/mol. The Kier molecular flexibility index (Phi) is 9.44. The number of anilines is 1. The van der Waals surface area contributed by atoms with Crippen LogP contribution in [0.5, 0.6) is 5.75 Å². The Hall–Kier alpha value is -1.59. The smallest absolute Gasteiger partial charge is 0.256 e. The van der Waals surface area contributed by atoms with E-state index in [-0.39, 0.29) is 5.91 Å². The van der Waals surface area contributed by atoms with Crippen LogP contribution in [0.25, 0.3) is 0 Å². The van der Waals surface area contributed by atoms with Crippen molar-refractivity contribution in [2.24, 2.45) is 11.8 Å². The molecule has 0 aromatic heterocycles. The maximum atomic E-state index is 13.2. The number of nitrogens with one attached hydrogen (secondary N) is 1. The topological polar surface area (TPSA) is 50.8 Å². The molecule has 164 valence electrons. The van der Waals surface area contributed by atoms with Gasteiger partial charge in [0.2, 0.25) is 0 Å². The van der Waals surface area contributed by atoms with E-state index in [0.717, 1.165) is 18.0 Å². The number of ether oxygens (including phenoxy) is 2. The molecule has 0 saturated carbocycles. The number of hydrogen-bond acceptors (Lipinski definition) is 4. The van der Waals surface area contributed by atoms with Crippen molar-refractivity contribution in [1.29, 1.82) is 0 Å². The zero-order valence-electron chi connectivity index (χ0n) is 19.0. The molecular formula is C24H40N2O3. The van der Waals surface area contributed by atoms with Gasteiger partial charge in [-0.25, -0.2) is 0 Å². The fourth-order valence-corrected chi connectivity index (χ4v) is 4.23. The molecule has 0 bridgehead atoms. The van der Waals surface area contributed by atoms with E-state index in [1.54, 1.807) is 0 Å². The van der Waals surface area contributed by atoms with Crippen LogP contribution in [-0.2, 0) is 9.53 Å². The Balaban J connectivity index is 1.96. The van der Waals surface area contributed by atoms with Crippen LogP contribution >= 0.6 is 0 Å². The SMILES string of the molecule is CCOC(CC(C)C)(CC(C)C)C(=O)Nc1ccc(OCCN2CCCC2)cc1. The van der Waals surface area contributed by atoms with Crippen LogP contribution in [0.1, 0.15) is 60.3 Å². The molecule has 1 aromatic carbocycles. The molecule has 1 amide bonds. The van der Waals surface area contributed by atoms with Crippen molar-refractivity contribution in [1.82, 2.24) is 4.90 Å². The molecule has 1 aliphatic heterocycles. The Bertz CT molecular complexity index is 597. The summed E-state index contributed by atoms with van der Waals surface area (Å²) in [5.74, 6) is 1.53. The zero-order valence-corrected chi connectivity index (χ0v) is 19.0. The third kappa shape index (κ3) is 7.63. The van der Waals surface area contributed by atoms with E-state index >= 15 is 0 Å². The second kappa shape index (κ2) is 11.6. The van der Waals surface area contributed by atoms with Gasteiger partial charge < -0.3 is 14.8 Å². The second-order valence-electron chi connectivity index (χ2n) is 9.00. The number of benzene rings is 1. The molecule has 0 spiro atoms. The molecule has 1 heterocycles. The van der Waals surface area contributed by atoms with Gasteiger partial charge >= 0.3 is 0 Å². The summed E-state index contributed by atoms with van der Waals surface area (Å²) >= 11 is 0. The monoisotopic (exact) mass is 404 g/mol. The van der Waals surface area contributed by atoms with Gasteiger partial charge in [-0.15, -0.1) is 0 Å². The van der Waals surface area contributed by atoms with Crippen molar-refractivity contribution in [2.75, 3.05) is 38.2 Å². The summed E-state index contributed by atoms with van der Waals surface area (Å²) in [7, 11) is 0. The molecule has 0 aliphatic carbocycles. The van der Waals surface area contributed by atoms with Gasteiger partial charge in [-0.2, -0.15) is 0 Å². The standard InChI is InChI=1S/C24H40N2O3/c1-6-29-24(17-19(2)3,18-20(4)5)23(27)25-21-9-11-22(12-10-21)28-16-15-26-13-7-8-14-26/h9-12,19-20H,6-8,13-18H2,1-5H3,(H,25,27). The molecule has 29 heavy (non-hydrogen) atoms. The fraction of sp³-hybridized carbons (Fsp3) is 0.708. The summed E-state index contributed by atoms with van der Waals surface area (Å²) in [4.78, 5) is 15.7. The van der Waals surface area contributed by atoms with Crippen molar-refractivity contribution in [3.63, 3.8) is 0 Å². The van der Waals surface area contributed by atoms with Crippen LogP contribution in [0.4, 0.5) is 5.69 Å². The average molecular weight is 405 g/mol. The maximum absolute atomic E-state index is 13.2. The van der Waals surface area contributed by atoms with Gasteiger partial charge in [-0.1, -0.05) is 27.7 Å². The minimum Gasteiger partial charge on any atom is -0.492 e. The van der Waals surface area contributed by atoms with E-state index in [1.807, 2.05) is 31.2 Å². The number of rotatable bonds is 12. The first-order valence-electron chi connectivity index (χ1n) is 11.2. The summed E-state index contributed by atoms with van der Waals surface area (Å²) in [5, 5.41) is 3.08. The van der Waals surface area contributed by atoms with Gasteiger partial charge in [0.1, 0.15) is 18.0 Å². The largest absolute Gasteiger partial charge is 0.492 e. The first-order valence-corrected chi connectivity index (χ1v) is 11.2. The number of nitrogens with zero attached hydrogens (tertiary/aromatic N) is 1. The minimum absolute atomic E-state index is 0.0514. The number of amides is 1. The second-order valence-corrected chi connectivity index (χ2v) is 9.00. The molecule has 1 aromatic rings. The highest BCUT2D eigenvalue weighted by Gasteiger charge is 2.40. The predicted octanol–water partition coefficient (Wildman–Crippen LogP) is 4.97. The fourth-order valence-electron chi connectivity index (χ4n) is 4.23. The highest BCUT2D eigenvalue weighted by Crippen LogP contribution is 2.31. The number of hydrogen-bond donors (Lipinski definition) is 1.